The lowest BCUT2D eigenvalue weighted by Gasteiger charge is -1.97. The van der Waals surface area contributed by atoms with Crippen molar-refractivity contribution >= 4 is 34.6 Å². The summed E-state index contributed by atoms with van der Waals surface area (Å²) in [4.78, 5) is 17.2. The largest absolute Gasteiger partial charge is 0.300 e. The Morgan fingerprint density at radius 1 is 1.05 bits per heavy atom. The van der Waals surface area contributed by atoms with Gasteiger partial charge >= 0.3 is 0 Å². The Kier molecular flexibility index (Phi) is 4.11. The van der Waals surface area contributed by atoms with Crippen LogP contribution in [0, 0.1) is 13.8 Å². The molecule has 1 saturated heterocycles. The number of benzene rings is 2. The van der Waals surface area contributed by atoms with Crippen molar-refractivity contribution in [2.75, 3.05) is 0 Å². The van der Waals surface area contributed by atoms with E-state index >= 15 is 0 Å². The van der Waals surface area contributed by atoms with Crippen molar-refractivity contribution in [3.05, 3.63) is 70.1 Å². The van der Waals surface area contributed by atoms with Crippen LogP contribution in [0.2, 0.25) is 0 Å². The van der Waals surface area contributed by atoms with Gasteiger partial charge in [0.25, 0.3) is 5.91 Å². The average molecular weight is 308 g/mol. The summed E-state index contributed by atoms with van der Waals surface area (Å²) in [5.41, 5.74) is 4.19. The van der Waals surface area contributed by atoms with Crippen LogP contribution in [-0.4, -0.2) is 11.1 Å². The van der Waals surface area contributed by atoms with Crippen molar-refractivity contribution in [1.82, 2.24) is 5.32 Å². The molecule has 0 radical (unpaired) electrons. The Labute approximate surface area is 134 Å². The van der Waals surface area contributed by atoms with Crippen LogP contribution in [0.15, 0.2) is 58.4 Å². The molecule has 3 rings (SSSR count). The van der Waals surface area contributed by atoms with Gasteiger partial charge in [-0.3, -0.25) is 4.79 Å². The summed E-state index contributed by atoms with van der Waals surface area (Å²) in [6.45, 7) is 4.06. The number of carbonyl (C=O) groups excluding carboxylic acids is 1. The molecule has 2 aromatic carbocycles. The van der Waals surface area contributed by atoms with Crippen LogP contribution in [0.5, 0.6) is 0 Å². The maximum absolute atomic E-state index is 12.1. The van der Waals surface area contributed by atoms with Crippen molar-refractivity contribution in [2.24, 2.45) is 4.99 Å². The van der Waals surface area contributed by atoms with Crippen molar-refractivity contribution < 1.29 is 4.79 Å². The molecule has 1 fully saturated rings. The second kappa shape index (κ2) is 6.20. The molecule has 110 valence electrons. The molecular weight excluding hydrogens is 292 g/mol. The van der Waals surface area contributed by atoms with E-state index in [0.29, 0.717) is 10.1 Å². The average Bonchev–Trinajstić information content (AvgIpc) is 2.79. The second-order valence-electron chi connectivity index (χ2n) is 5.23. The molecule has 1 heterocycles. The van der Waals surface area contributed by atoms with Gasteiger partial charge in [-0.1, -0.05) is 42.0 Å². The highest BCUT2D eigenvalue weighted by Gasteiger charge is 2.23. The molecule has 0 spiro atoms. The minimum Gasteiger partial charge on any atom is -0.300 e. The highest BCUT2D eigenvalue weighted by atomic mass is 32.2. The number of amidine groups is 1. The normalized spacial score (nSPS) is 18.0. The van der Waals surface area contributed by atoms with Crippen LogP contribution >= 0.6 is 11.8 Å². The number of amides is 1. The fourth-order valence-corrected chi connectivity index (χ4v) is 3.05. The zero-order chi connectivity index (χ0) is 15.5. The summed E-state index contributed by atoms with van der Waals surface area (Å²) in [6, 6.07) is 16.0. The lowest BCUT2D eigenvalue weighted by molar-refractivity contribution is -0.115. The molecule has 1 aliphatic rings. The summed E-state index contributed by atoms with van der Waals surface area (Å²) in [5, 5.41) is 3.43. The first-order valence-electron chi connectivity index (χ1n) is 7.03. The molecule has 22 heavy (non-hydrogen) atoms. The van der Waals surface area contributed by atoms with E-state index < -0.39 is 0 Å². The van der Waals surface area contributed by atoms with E-state index in [0.717, 1.165) is 16.8 Å². The third kappa shape index (κ3) is 3.46. The van der Waals surface area contributed by atoms with Gasteiger partial charge in [-0.2, -0.15) is 0 Å². The number of rotatable bonds is 2. The molecule has 0 saturated carbocycles. The highest BCUT2D eigenvalue weighted by molar-refractivity contribution is 8.18. The summed E-state index contributed by atoms with van der Waals surface area (Å²) in [7, 11) is 0. The molecule has 2 aromatic rings. The van der Waals surface area contributed by atoms with E-state index in [1.54, 1.807) is 0 Å². The third-order valence-corrected chi connectivity index (χ3v) is 4.13. The number of thioether (sulfide) groups is 1. The van der Waals surface area contributed by atoms with Gasteiger partial charge in [-0.15, -0.1) is 0 Å². The molecule has 1 aliphatic heterocycles. The molecule has 4 heteroatoms. The highest BCUT2D eigenvalue weighted by Crippen LogP contribution is 2.28. The number of hydrogen-bond donors (Lipinski definition) is 1. The fraction of sp³-hybridized carbons (Fsp3) is 0.111. The van der Waals surface area contributed by atoms with E-state index in [1.807, 2.05) is 62.4 Å². The van der Waals surface area contributed by atoms with E-state index in [4.69, 9.17) is 0 Å². The molecule has 0 atom stereocenters. The van der Waals surface area contributed by atoms with E-state index in [9.17, 15) is 4.79 Å². The van der Waals surface area contributed by atoms with Crippen LogP contribution in [0.1, 0.15) is 16.7 Å². The smallest absolute Gasteiger partial charge is 0.264 e. The van der Waals surface area contributed by atoms with Gasteiger partial charge in [-0.05, 0) is 54.9 Å². The van der Waals surface area contributed by atoms with Crippen molar-refractivity contribution in [2.45, 2.75) is 13.8 Å². The maximum atomic E-state index is 12.1. The van der Waals surface area contributed by atoms with Crippen LogP contribution in [0.4, 0.5) is 5.69 Å². The predicted molar refractivity (Wildman–Crippen MR) is 93.2 cm³/mol. The van der Waals surface area contributed by atoms with Crippen LogP contribution in [0.3, 0.4) is 0 Å². The molecule has 0 aliphatic carbocycles. The van der Waals surface area contributed by atoms with Crippen LogP contribution < -0.4 is 5.32 Å². The maximum Gasteiger partial charge on any atom is 0.264 e. The van der Waals surface area contributed by atoms with Gasteiger partial charge in [0.1, 0.15) is 0 Å². The first kappa shape index (κ1) is 14.6. The molecule has 1 amide bonds. The Balaban J connectivity index is 1.84. The lowest BCUT2D eigenvalue weighted by Crippen LogP contribution is -2.19. The Morgan fingerprint density at radius 2 is 1.77 bits per heavy atom. The quantitative estimate of drug-likeness (QED) is 0.845. The Bertz CT molecular complexity index is 793. The van der Waals surface area contributed by atoms with Gasteiger partial charge < -0.3 is 5.32 Å². The topological polar surface area (TPSA) is 41.5 Å². The summed E-state index contributed by atoms with van der Waals surface area (Å²) < 4.78 is 0. The number of hydrogen-bond acceptors (Lipinski definition) is 3. The number of aryl methyl sites for hydroxylation is 2. The second-order valence-corrected chi connectivity index (χ2v) is 6.27. The zero-order valence-corrected chi connectivity index (χ0v) is 13.3. The zero-order valence-electron chi connectivity index (χ0n) is 12.5. The Morgan fingerprint density at radius 3 is 2.50 bits per heavy atom. The molecule has 0 unspecified atom stereocenters. The van der Waals surface area contributed by atoms with Crippen LogP contribution in [-0.2, 0) is 4.79 Å². The van der Waals surface area contributed by atoms with Crippen molar-refractivity contribution in [3.63, 3.8) is 0 Å². The van der Waals surface area contributed by atoms with Gasteiger partial charge in [0, 0.05) is 0 Å². The fourth-order valence-electron chi connectivity index (χ4n) is 2.21. The van der Waals surface area contributed by atoms with Gasteiger partial charge in [-0.25, -0.2) is 4.99 Å². The monoisotopic (exact) mass is 308 g/mol. The van der Waals surface area contributed by atoms with E-state index in [-0.39, 0.29) is 5.91 Å². The summed E-state index contributed by atoms with van der Waals surface area (Å²) in [6.07, 6.45) is 1.89. The minimum absolute atomic E-state index is 0.0992. The summed E-state index contributed by atoms with van der Waals surface area (Å²) in [5.74, 6) is -0.0992. The van der Waals surface area contributed by atoms with Crippen LogP contribution in [0.25, 0.3) is 6.08 Å². The first-order chi connectivity index (χ1) is 10.6. The van der Waals surface area contributed by atoms with E-state index in [2.05, 4.69) is 16.4 Å². The first-order valence-corrected chi connectivity index (χ1v) is 7.85. The third-order valence-electron chi connectivity index (χ3n) is 3.22. The Hall–Kier alpha value is -2.33. The molecule has 0 bridgehead atoms. The van der Waals surface area contributed by atoms with E-state index in [1.165, 1.54) is 17.3 Å². The SMILES string of the molecule is Cc1cccc(C=C2SC(=Nc3cccc(C)c3)NC2=O)c1. The number of nitrogens with zero attached hydrogens (tertiary/aromatic N) is 1. The molecular formula is C18H16N2OS. The number of nitrogens with one attached hydrogen (secondary N) is 1. The predicted octanol–water partition coefficient (Wildman–Crippen LogP) is 4.20. The van der Waals surface area contributed by atoms with Gasteiger partial charge in [0.15, 0.2) is 5.17 Å². The summed E-state index contributed by atoms with van der Waals surface area (Å²) >= 11 is 1.37. The van der Waals surface area contributed by atoms with Gasteiger partial charge in [0.05, 0.1) is 10.6 Å². The molecule has 1 N–H and O–H groups in total. The number of carbonyl (C=O) groups is 1. The van der Waals surface area contributed by atoms with Crippen molar-refractivity contribution in [1.29, 1.82) is 0 Å². The standard InChI is InChI=1S/C18H16N2OS/c1-12-5-3-7-14(9-12)11-16-17(21)20-18(22-16)19-15-8-4-6-13(2)10-15/h3-11H,1-2H3,(H,19,20,21). The molecule has 0 aromatic heterocycles. The molecule has 3 nitrogen and oxygen atoms in total. The minimum atomic E-state index is -0.0992. The van der Waals surface area contributed by atoms with Crippen molar-refractivity contribution in [3.8, 4) is 0 Å². The number of aliphatic imine (C=N–C) groups is 1. The lowest BCUT2D eigenvalue weighted by atomic mass is 10.1. The van der Waals surface area contributed by atoms with Gasteiger partial charge in [0.2, 0.25) is 0 Å².